The fourth-order valence-corrected chi connectivity index (χ4v) is 4.34. The Morgan fingerprint density at radius 1 is 0.524 bits per heavy atom. The number of hydrogen-bond donors (Lipinski definition) is 0. The van der Waals surface area contributed by atoms with E-state index < -0.39 is 52.8 Å². The largest absolute Gasteiger partial charge is 0.420 e. The summed E-state index contributed by atoms with van der Waals surface area (Å²) < 4.78 is 88.8. The van der Waals surface area contributed by atoms with Crippen LogP contribution in [-0.4, -0.2) is 39.0 Å². The van der Waals surface area contributed by atoms with Crippen LogP contribution in [-0.2, 0) is 24.6 Å². The highest BCUT2D eigenvalue weighted by atomic mass is 19.2. The molecule has 0 saturated heterocycles. The molecule has 0 unspecified atom stereocenters. The summed E-state index contributed by atoms with van der Waals surface area (Å²) in [7, 11) is 0. The Hall–Kier alpha value is -4.12. The lowest BCUT2D eigenvalue weighted by molar-refractivity contribution is -0.136. The van der Waals surface area contributed by atoms with Crippen molar-refractivity contribution in [3.63, 3.8) is 0 Å². The SMILES string of the molecule is O=C(CCOCCOCCOC(c1ccccc1)(c1ccccc1)c1ccccc1)Oc1c(F)c(F)c(F)c(F)c1F. The molecule has 0 aliphatic carbocycles. The molecule has 10 heteroatoms. The van der Waals surface area contributed by atoms with Crippen LogP contribution in [0.4, 0.5) is 22.0 Å². The summed E-state index contributed by atoms with van der Waals surface area (Å²) in [6.45, 7) is 0.433. The molecular weight excluding hydrogens is 559 g/mol. The summed E-state index contributed by atoms with van der Waals surface area (Å²) >= 11 is 0. The Morgan fingerprint density at radius 2 is 0.905 bits per heavy atom. The molecule has 0 aromatic heterocycles. The number of carbonyl (C=O) groups excluding carboxylic acids is 1. The van der Waals surface area contributed by atoms with Crippen LogP contribution >= 0.6 is 0 Å². The molecule has 0 aliphatic heterocycles. The number of esters is 1. The van der Waals surface area contributed by atoms with Gasteiger partial charge in [0.15, 0.2) is 0 Å². The second-order valence-corrected chi connectivity index (χ2v) is 8.98. The lowest BCUT2D eigenvalue weighted by Crippen LogP contribution is -2.34. The normalized spacial score (nSPS) is 11.5. The van der Waals surface area contributed by atoms with Gasteiger partial charge in [0.05, 0.1) is 39.5 Å². The van der Waals surface area contributed by atoms with Gasteiger partial charge in [-0.3, -0.25) is 4.79 Å². The van der Waals surface area contributed by atoms with Crippen molar-refractivity contribution in [2.45, 2.75) is 12.0 Å². The highest BCUT2D eigenvalue weighted by Gasteiger charge is 2.37. The predicted molar refractivity (Wildman–Crippen MR) is 143 cm³/mol. The maximum Gasteiger partial charge on any atom is 0.313 e. The van der Waals surface area contributed by atoms with E-state index in [0.717, 1.165) is 16.7 Å². The first-order valence-electron chi connectivity index (χ1n) is 13.0. The van der Waals surface area contributed by atoms with Crippen molar-refractivity contribution >= 4 is 5.97 Å². The number of ether oxygens (including phenoxy) is 4. The zero-order chi connectivity index (χ0) is 30.0. The molecule has 0 saturated carbocycles. The third-order valence-electron chi connectivity index (χ3n) is 6.30. The van der Waals surface area contributed by atoms with Crippen molar-refractivity contribution in [3.05, 3.63) is 137 Å². The molecule has 0 amide bonds. The highest BCUT2D eigenvalue weighted by molar-refractivity contribution is 5.72. The summed E-state index contributed by atoms with van der Waals surface area (Å²) in [5, 5.41) is 0. The first kappa shape index (κ1) is 30.8. The van der Waals surface area contributed by atoms with E-state index in [1.54, 1.807) is 0 Å². The fraction of sp³-hybridized carbons (Fsp3) is 0.219. The molecule has 4 rings (SSSR count). The van der Waals surface area contributed by atoms with Gasteiger partial charge in [-0.1, -0.05) is 91.0 Å². The van der Waals surface area contributed by atoms with Gasteiger partial charge in [-0.05, 0) is 16.7 Å². The average molecular weight is 587 g/mol. The molecular formula is C32H27F5O5. The third kappa shape index (κ3) is 7.02. The second kappa shape index (κ2) is 14.7. The van der Waals surface area contributed by atoms with Crippen LogP contribution in [0.5, 0.6) is 5.75 Å². The van der Waals surface area contributed by atoms with Crippen LogP contribution in [0.3, 0.4) is 0 Å². The molecule has 0 atom stereocenters. The van der Waals surface area contributed by atoms with Gasteiger partial charge in [0.25, 0.3) is 0 Å². The monoisotopic (exact) mass is 586 g/mol. The molecule has 0 fully saturated rings. The van der Waals surface area contributed by atoms with E-state index in [9.17, 15) is 26.7 Å². The second-order valence-electron chi connectivity index (χ2n) is 8.98. The maximum absolute atomic E-state index is 13.7. The van der Waals surface area contributed by atoms with Crippen LogP contribution in [0.2, 0.25) is 0 Å². The van der Waals surface area contributed by atoms with Crippen molar-refractivity contribution < 1.29 is 45.7 Å². The van der Waals surface area contributed by atoms with Crippen molar-refractivity contribution in [1.82, 2.24) is 0 Å². The van der Waals surface area contributed by atoms with Gasteiger partial charge >= 0.3 is 5.97 Å². The van der Waals surface area contributed by atoms with Gasteiger partial charge in [0.1, 0.15) is 5.60 Å². The lowest BCUT2D eigenvalue weighted by atomic mass is 9.80. The Labute approximate surface area is 239 Å². The quantitative estimate of drug-likeness (QED) is 0.0313. The van der Waals surface area contributed by atoms with Crippen LogP contribution < -0.4 is 4.74 Å². The Balaban J connectivity index is 1.27. The van der Waals surface area contributed by atoms with Crippen molar-refractivity contribution in [2.75, 3.05) is 33.0 Å². The van der Waals surface area contributed by atoms with Gasteiger partial charge < -0.3 is 18.9 Å². The molecule has 0 bridgehead atoms. The van der Waals surface area contributed by atoms with Crippen molar-refractivity contribution in [3.8, 4) is 5.75 Å². The lowest BCUT2D eigenvalue weighted by Gasteiger charge is -2.36. The van der Waals surface area contributed by atoms with Crippen molar-refractivity contribution in [1.29, 1.82) is 0 Å². The fourth-order valence-electron chi connectivity index (χ4n) is 4.34. The molecule has 0 N–H and O–H groups in total. The van der Waals surface area contributed by atoms with Crippen LogP contribution in [0.1, 0.15) is 23.1 Å². The zero-order valence-electron chi connectivity index (χ0n) is 22.3. The van der Waals surface area contributed by atoms with Gasteiger partial charge in [-0.15, -0.1) is 0 Å². The van der Waals surface area contributed by atoms with E-state index in [1.165, 1.54) is 0 Å². The molecule has 4 aromatic rings. The molecule has 0 heterocycles. The van der Waals surface area contributed by atoms with E-state index in [-0.39, 0.29) is 33.0 Å². The minimum absolute atomic E-state index is 0.0665. The predicted octanol–water partition coefficient (Wildman–Crippen LogP) is 6.72. The van der Waals surface area contributed by atoms with Gasteiger partial charge in [-0.25, -0.2) is 13.2 Å². The average Bonchev–Trinajstić information content (AvgIpc) is 3.03. The van der Waals surface area contributed by atoms with Gasteiger partial charge in [-0.2, -0.15) is 8.78 Å². The minimum atomic E-state index is -2.34. The molecule has 0 radical (unpaired) electrons. The van der Waals surface area contributed by atoms with Crippen molar-refractivity contribution in [2.24, 2.45) is 0 Å². The Kier molecular flexibility index (Phi) is 10.8. The number of carbonyl (C=O) groups is 1. The van der Waals surface area contributed by atoms with Crippen LogP contribution in [0.25, 0.3) is 0 Å². The van der Waals surface area contributed by atoms with E-state index in [1.807, 2.05) is 91.0 Å². The number of halogens is 5. The molecule has 0 aliphatic rings. The molecule has 0 spiro atoms. The summed E-state index contributed by atoms with van der Waals surface area (Å²) in [5.41, 5.74) is 1.95. The zero-order valence-corrected chi connectivity index (χ0v) is 22.3. The first-order valence-corrected chi connectivity index (χ1v) is 13.0. The highest BCUT2D eigenvalue weighted by Crippen LogP contribution is 2.40. The number of hydrogen-bond acceptors (Lipinski definition) is 5. The van der Waals surface area contributed by atoms with Gasteiger partial charge in [0, 0.05) is 0 Å². The summed E-state index contributed by atoms with van der Waals surface area (Å²) in [5.74, 6) is -14.1. The molecule has 4 aromatic carbocycles. The number of benzene rings is 4. The minimum Gasteiger partial charge on any atom is -0.420 e. The first-order chi connectivity index (χ1) is 20.4. The summed E-state index contributed by atoms with van der Waals surface area (Å²) in [4.78, 5) is 11.8. The smallest absolute Gasteiger partial charge is 0.313 e. The Bertz CT molecular complexity index is 1330. The van der Waals surface area contributed by atoms with Crippen LogP contribution in [0.15, 0.2) is 91.0 Å². The number of rotatable bonds is 14. The maximum atomic E-state index is 13.7. The summed E-state index contributed by atoms with van der Waals surface area (Å²) in [6, 6.07) is 29.5. The van der Waals surface area contributed by atoms with Crippen LogP contribution in [0, 0.1) is 29.1 Å². The van der Waals surface area contributed by atoms with E-state index in [2.05, 4.69) is 4.74 Å². The Morgan fingerprint density at radius 3 is 1.36 bits per heavy atom. The molecule has 42 heavy (non-hydrogen) atoms. The van der Waals surface area contributed by atoms with Gasteiger partial charge in [0.2, 0.25) is 34.8 Å². The third-order valence-corrected chi connectivity index (χ3v) is 6.30. The summed E-state index contributed by atoms with van der Waals surface area (Å²) in [6.07, 6.45) is -0.490. The van der Waals surface area contributed by atoms with E-state index in [4.69, 9.17) is 14.2 Å². The topological polar surface area (TPSA) is 54.0 Å². The molecule has 220 valence electrons. The standard InChI is InChI=1S/C32H27F5O5/c33-26-27(34)29(36)31(30(37)28(26)35)42-25(38)16-17-39-18-19-40-20-21-41-32(22-10-4-1-5-11-22,23-12-6-2-7-13-23)24-14-8-3-9-15-24/h1-15H,16-21H2. The molecule has 5 nitrogen and oxygen atoms in total. The van der Waals surface area contributed by atoms with E-state index >= 15 is 0 Å². The van der Waals surface area contributed by atoms with E-state index in [0.29, 0.717) is 0 Å².